The van der Waals surface area contributed by atoms with Crippen LogP contribution in [0.5, 0.6) is 0 Å². The fourth-order valence-electron chi connectivity index (χ4n) is 3.57. The molecule has 1 fully saturated rings. The van der Waals surface area contributed by atoms with Gasteiger partial charge in [0.15, 0.2) is 0 Å². The van der Waals surface area contributed by atoms with Crippen molar-refractivity contribution in [3.05, 3.63) is 70.8 Å². The zero-order valence-electron chi connectivity index (χ0n) is 17.4. The molecule has 0 aliphatic carbocycles. The molecule has 158 valence electrons. The van der Waals surface area contributed by atoms with E-state index in [1.54, 1.807) is 6.08 Å². The summed E-state index contributed by atoms with van der Waals surface area (Å²) in [4.78, 5) is 39.1. The monoisotopic (exact) mass is 433 g/mol. The molecule has 2 aromatic carbocycles. The van der Waals surface area contributed by atoms with Gasteiger partial charge in [0.2, 0.25) is 5.91 Å². The van der Waals surface area contributed by atoms with Crippen molar-refractivity contribution in [3.8, 4) is 0 Å². The summed E-state index contributed by atoms with van der Waals surface area (Å²) in [7, 11) is 0. The van der Waals surface area contributed by atoms with Crippen LogP contribution in [0.1, 0.15) is 24.5 Å². The second kappa shape index (κ2) is 8.81. The number of rotatable bonds is 6. The molecule has 31 heavy (non-hydrogen) atoms. The quantitative estimate of drug-likeness (QED) is 0.553. The Morgan fingerprint density at radius 2 is 1.84 bits per heavy atom. The van der Waals surface area contributed by atoms with Crippen LogP contribution in [0.4, 0.5) is 10.5 Å². The van der Waals surface area contributed by atoms with Crippen LogP contribution < -0.4 is 5.32 Å². The third-order valence-corrected chi connectivity index (χ3v) is 5.98. The van der Waals surface area contributed by atoms with Crippen molar-refractivity contribution in [1.82, 2.24) is 9.47 Å². The minimum atomic E-state index is -0.259. The Hall–Kier alpha value is -3.32. The summed E-state index contributed by atoms with van der Waals surface area (Å²) in [6.07, 6.45) is 4.32. The van der Waals surface area contributed by atoms with Gasteiger partial charge in [0.25, 0.3) is 11.1 Å². The Morgan fingerprint density at radius 3 is 2.58 bits per heavy atom. The molecule has 0 bridgehead atoms. The van der Waals surface area contributed by atoms with Crippen LogP contribution in [0.25, 0.3) is 17.0 Å². The highest BCUT2D eigenvalue weighted by Gasteiger charge is 2.34. The van der Waals surface area contributed by atoms with Crippen molar-refractivity contribution in [2.45, 2.75) is 26.8 Å². The highest BCUT2D eigenvalue weighted by atomic mass is 32.2. The first-order valence-corrected chi connectivity index (χ1v) is 11.0. The molecule has 0 radical (unpaired) electrons. The van der Waals surface area contributed by atoms with E-state index in [2.05, 4.69) is 5.32 Å². The zero-order chi connectivity index (χ0) is 22.0. The second-order valence-corrected chi connectivity index (χ2v) is 8.47. The van der Waals surface area contributed by atoms with E-state index in [1.807, 2.05) is 73.1 Å². The van der Waals surface area contributed by atoms with E-state index in [9.17, 15) is 14.4 Å². The number of fused-ring (bicyclic) bond motifs is 1. The van der Waals surface area contributed by atoms with Crippen LogP contribution in [0.15, 0.2) is 59.6 Å². The fraction of sp³-hybridized carbons (Fsp3) is 0.208. The first-order chi connectivity index (χ1) is 15.0. The summed E-state index contributed by atoms with van der Waals surface area (Å²) in [5.74, 6) is -0.398. The molecule has 2 heterocycles. The molecule has 0 saturated carbocycles. The number of benzene rings is 2. The van der Waals surface area contributed by atoms with Crippen molar-refractivity contribution in [2.75, 3.05) is 11.9 Å². The van der Waals surface area contributed by atoms with E-state index in [0.717, 1.165) is 45.9 Å². The highest BCUT2D eigenvalue weighted by Crippen LogP contribution is 2.34. The van der Waals surface area contributed by atoms with E-state index in [0.29, 0.717) is 11.4 Å². The van der Waals surface area contributed by atoms with Crippen molar-refractivity contribution < 1.29 is 14.4 Å². The van der Waals surface area contributed by atoms with Gasteiger partial charge in [0.1, 0.15) is 6.54 Å². The molecule has 1 aliphatic rings. The van der Waals surface area contributed by atoms with Crippen LogP contribution >= 0.6 is 11.8 Å². The molecule has 0 unspecified atom stereocenters. The third-order valence-electron chi connectivity index (χ3n) is 5.08. The zero-order valence-corrected chi connectivity index (χ0v) is 18.2. The van der Waals surface area contributed by atoms with E-state index < -0.39 is 0 Å². The Bertz CT molecular complexity index is 1190. The van der Waals surface area contributed by atoms with Gasteiger partial charge in [-0.1, -0.05) is 42.8 Å². The fourth-order valence-corrected chi connectivity index (χ4v) is 4.43. The first-order valence-electron chi connectivity index (χ1n) is 10.2. The number of hydrogen-bond acceptors (Lipinski definition) is 4. The van der Waals surface area contributed by atoms with Gasteiger partial charge < -0.3 is 9.88 Å². The number of aryl methyl sites for hydroxylation is 1. The van der Waals surface area contributed by atoms with Crippen molar-refractivity contribution in [2.24, 2.45) is 0 Å². The largest absolute Gasteiger partial charge is 0.337 e. The molecule has 6 nitrogen and oxygen atoms in total. The van der Waals surface area contributed by atoms with Gasteiger partial charge >= 0.3 is 0 Å². The topological polar surface area (TPSA) is 71.4 Å². The number of hydrogen-bond donors (Lipinski definition) is 1. The number of nitrogens with one attached hydrogen (secondary N) is 1. The molecule has 1 aromatic heterocycles. The molecule has 3 aromatic rings. The van der Waals surface area contributed by atoms with Crippen LogP contribution in [0.3, 0.4) is 0 Å². The lowest BCUT2D eigenvalue weighted by Crippen LogP contribution is -2.28. The van der Waals surface area contributed by atoms with E-state index in [-0.39, 0.29) is 23.6 Å². The molecule has 1 N–H and O–H groups in total. The summed E-state index contributed by atoms with van der Waals surface area (Å²) in [5, 5.41) is 3.60. The van der Waals surface area contributed by atoms with E-state index in [1.165, 1.54) is 4.90 Å². The Morgan fingerprint density at radius 1 is 1.10 bits per heavy atom. The van der Waals surface area contributed by atoms with Crippen molar-refractivity contribution in [1.29, 1.82) is 0 Å². The van der Waals surface area contributed by atoms with Crippen LogP contribution in [0.2, 0.25) is 0 Å². The molecule has 4 rings (SSSR count). The van der Waals surface area contributed by atoms with Gasteiger partial charge in [-0.15, -0.1) is 0 Å². The first kappa shape index (κ1) is 20.9. The molecule has 0 atom stereocenters. The van der Waals surface area contributed by atoms with E-state index in [4.69, 9.17) is 0 Å². The average molecular weight is 434 g/mol. The lowest BCUT2D eigenvalue weighted by atomic mass is 10.1. The number of aromatic nitrogens is 1. The molecule has 1 saturated heterocycles. The van der Waals surface area contributed by atoms with Crippen LogP contribution in [-0.4, -0.2) is 33.1 Å². The second-order valence-electron chi connectivity index (χ2n) is 7.48. The molecule has 3 amide bonds. The molecule has 1 aliphatic heterocycles. The Labute approximate surface area is 184 Å². The highest BCUT2D eigenvalue weighted by molar-refractivity contribution is 8.18. The maximum absolute atomic E-state index is 12.6. The summed E-state index contributed by atoms with van der Waals surface area (Å²) in [6, 6.07) is 15.4. The minimum Gasteiger partial charge on any atom is -0.337 e. The number of amides is 3. The summed E-state index contributed by atoms with van der Waals surface area (Å²) < 4.78 is 1.86. The number of carbonyl (C=O) groups is 3. The molecular formula is C24H23N3O3S. The maximum atomic E-state index is 12.6. The molecule has 7 heteroatoms. The number of thioether (sulfide) groups is 1. The maximum Gasteiger partial charge on any atom is 0.293 e. The number of imide groups is 1. The average Bonchev–Trinajstić information content (AvgIpc) is 3.22. The molecule has 0 spiro atoms. The lowest BCUT2D eigenvalue weighted by Gasteiger charge is -2.09. The summed E-state index contributed by atoms with van der Waals surface area (Å²) in [6.45, 7) is 4.49. The predicted molar refractivity (Wildman–Crippen MR) is 125 cm³/mol. The van der Waals surface area contributed by atoms with Crippen molar-refractivity contribution >= 4 is 51.5 Å². The van der Waals surface area contributed by atoms with Gasteiger partial charge in [-0.05, 0) is 49.4 Å². The summed E-state index contributed by atoms with van der Waals surface area (Å²) >= 11 is 0.961. The number of anilines is 1. The van der Waals surface area contributed by atoms with Crippen molar-refractivity contribution in [3.63, 3.8) is 0 Å². The Balaban J connectivity index is 1.60. The van der Waals surface area contributed by atoms with Crippen LogP contribution in [-0.2, 0) is 16.1 Å². The number of para-hydroxylation sites is 1. The van der Waals surface area contributed by atoms with E-state index >= 15 is 0 Å². The normalized spacial score (nSPS) is 15.3. The van der Waals surface area contributed by atoms with Gasteiger partial charge in [-0.3, -0.25) is 19.3 Å². The third kappa shape index (κ3) is 4.41. The lowest BCUT2D eigenvalue weighted by molar-refractivity contribution is -0.122. The predicted octanol–water partition coefficient (Wildman–Crippen LogP) is 5.03. The molecular weight excluding hydrogens is 410 g/mol. The van der Waals surface area contributed by atoms with Gasteiger partial charge in [0, 0.05) is 34.9 Å². The van der Waals surface area contributed by atoms with Crippen LogP contribution in [0, 0.1) is 6.92 Å². The SMILES string of the molecule is CCCN1C(=O)S/C(=C/c2cn(CC(=O)Nc3ccc(C)cc3)c3ccccc23)C1=O. The van der Waals surface area contributed by atoms with Gasteiger partial charge in [-0.25, -0.2) is 0 Å². The van der Waals surface area contributed by atoms with Gasteiger partial charge in [-0.2, -0.15) is 0 Å². The summed E-state index contributed by atoms with van der Waals surface area (Å²) in [5.41, 5.74) is 3.57. The smallest absolute Gasteiger partial charge is 0.293 e. The minimum absolute atomic E-state index is 0.138. The number of carbonyl (C=O) groups excluding carboxylic acids is 3. The Kier molecular flexibility index (Phi) is 5.95. The van der Waals surface area contributed by atoms with Gasteiger partial charge in [0.05, 0.1) is 4.91 Å². The number of nitrogens with zero attached hydrogens (tertiary/aromatic N) is 2. The standard InChI is InChI=1S/C24H23N3O3S/c1-3-12-27-23(29)21(31-24(27)30)13-17-14-26(20-7-5-4-6-19(17)20)15-22(28)25-18-10-8-16(2)9-11-18/h4-11,13-14H,3,12,15H2,1-2H3,(H,25,28)/b21-13+.